The number of benzene rings is 3. The first-order valence-electron chi connectivity index (χ1n) is 11.6. The maximum absolute atomic E-state index is 14.0. The fourth-order valence-electron chi connectivity index (χ4n) is 4.55. The summed E-state index contributed by atoms with van der Waals surface area (Å²) in [5.74, 6) is -0.179. The highest BCUT2D eigenvalue weighted by Gasteiger charge is 2.36. The molecule has 1 atom stereocenters. The standard InChI is InChI=1S/C27H25N5O4/c33-23-13-11-21(12-14-23)32-25(20-9-5-2-6-10-20)24(28-29-32)26(34)31-16-15-30(27(35)36)18-22(31)17-19-7-3-1-4-8-19/h1-14,22,33H,15-18H2,(H,35,36). The molecule has 9 nitrogen and oxygen atoms in total. The molecule has 36 heavy (non-hydrogen) atoms. The van der Waals surface area contributed by atoms with E-state index in [0.29, 0.717) is 17.8 Å². The fourth-order valence-corrected chi connectivity index (χ4v) is 4.55. The lowest BCUT2D eigenvalue weighted by atomic mass is 10.0. The molecule has 2 N–H and O–H groups in total. The van der Waals surface area contributed by atoms with Crippen LogP contribution in [0.5, 0.6) is 5.75 Å². The Balaban J connectivity index is 1.54. The third-order valence-corrected chi connectivity index (χ3v) is 6.34. The number of hydrogen-bond donors (Lipinski definition) is 2. The average molecular weight is 484 g/mol. The molecule has 2 heterocycles. The third-order valence-electron chi connectivity index (χ3n) is 6.34. The molecule has 0 radical (unpaired) electrons. The molecule has 0 spiro atoms. The second-order valence-corrected chi connectivity index (χ2v) is 8.65. The van der Waals surface area contributed by atoms with Gasteiger partial charge in [-0.2, -0.15) is 0 Å². The number of carboxylic acid groups (broad SMARTS) is 1. The summed E-state index contributed by atoms with van der Waals surface area (Å²) in [7, 11) is 0. The maximum atomic E-state index is 14.0. The number of carbonyl (C=O) groups excluding carboxylic acids is 1. The van der Waals surface area contributed by atoms with E-state index in [1.807, 2.05) is 60.7 Å². The van der Waals surface area contributed by atoms with Gasteiger partial charge in [-0.1, -0.05) is 65.9 Å². The maximum Gasteiger partial charge on any atom is 0.407 e. The number of phenols is 1. The van der Waals surface area contributed by atoms with Crippen LogP contribution in [0.15, 0.2) is 84.9 Å². The zero-order valence-corrected chi connectivity index (χ0v) is 19.4. The van der Waals surface area contributed by atoms with Crippen molar-refractivity contribution in [3.05, 3.63) is 96.2 Å². The Kier molecular flexibility index (Phi) is 6.36. The Morgan fingerprint density at radius 2 is 1.56 bits per heavy atom. The summed E-state index contributed by atoms with van der Waals surface area (Å²) in [4.78, 5) is 28.7. The van der Waals surface area contributed by atoms with Crippen LogP contribution in [-0.4, -0.2) is 72.7 Å². The van der Waals surface area contributed by atoms with Crippen LogP contribution in [0.2, 0.25) is 0 Å². The van der Waals surface area contributed by atoms with E-state index in [9.17, 15) is 19.8 Å². The SMILES string of the molecule is O=C(O)N1CCN(C(=O)c2nnn(-c3ccc(O)cc3)c2-c2ccccc2)C(Cc2ccccc2)C1. The number of aromatic hydroxyl groups is 1. The van der Waals surface area contributed by atoms with Crippen LogP contribution in [0.25, 0.3) is 16.9 Å². The number of rotatable bonds is 5. The molecule has 2 amide bonds. The van der Waals surface area contributed by atoms with E-state index in [-0.39, 0.29) is 43.0 Å². The Hall–Kier alpha value is -4.66. The molecule has 9 heteroatoms. The molecular weight excluding hydrogens is 458 g/mol. The van der Waals surface area contributed by atoms with E-state index in [1.165, 1.54) is 4.90 Å². The molecule has 1 fully saturated rings. The number of carbonyl (C=O) groups is 2. The zero-order chi connectivity index (χ0) is 25.1. The highest BCUT2D eigenvalue weighted by Crippen LogP contribution is 2.28. The van der Waals surface area contributed by atoms with E-state index in [1.54, 1.807) is 33.8 Å². The van der Waals surface area contributed by atoms with Crippen LogP contribution < -0.4 is 0 Å². The monoisotopic (exact) mass is 483 g/mol. The predicted octanol–water partition coefficient (Wildman–Crippen LogP) is 3.69. The minimum Gasteiger partial charge on any atom is -0.508 e. The first-order chi connectivity index (χ1) is 17.5. The van der Waals surface area contributed by atoms with Gasteiger partial charge < -0.3 is 20.0 Å². The van der Waals surface area contributed by atoms with Crippen molar-refractivity contribution in [1.29, 1.82) is 0 Å². The van der Waals surface area contributed by atoms with Gasteiger partial charge in [0.25, 0.3) is 5.91 Å². The molecule has 1 aliphatic heterocycles. The van der Waals surface area contributed by atoms with E-state index in [2.05, 4.69) is 10.3 Å². The van der Waals surface area contributed by atoms with Gasteiger partial charge in [0.2, 0.25) is 0 Å². The lowest BCUT2D eigenvalue weighted by molar-refractivity contribution is 0.0446. The quantitative estimate of drug-likeness (QED) is 0.448. The number of phenolic OH excluding ortho intramolecular Hbond substituents is 1. The van der Waals surface area contributed by atoms with Gasteiger partial charge in [-0.15, -0.1) is 5.10 Å². The minimum atomic E-state index is -0.997. The summed E-state index contributed by atoms with van der Waals surface area (Å²) >= 11 is 0. The van der Waals surface area contributed by atoms with Crippen LogP contribution >= 0.6 is 0 Å². The molecule has 1 aromatic heterocycles. The molecule has 1 saturated heterocycles. The Bertz CT molecular complexity index is 1360. The average Bonchev–Trinajstić information content (AvgIpc) is 3.35. The normalized spacial score (nSPS) is 15.6. The predicted molar refractivity (Wildman–Crippen MR) is 133 cm³/mol. The van der Waals surface area contributed by atoms with Gasteiger partial charge in [-0.3, -0.25) is 4.79 Å². The van der Waals surface area contributed by atoms with Gasteiger partial charge in [0, 0.05) is 25.2 Å². The van der Waals surface area contributed by atoms with Crippen LogP contribution in [0.1, 0.15) is 16.1 Å². The van der Waals surface area contributed by atoms with E-state index in [4.69, 9.17) is 0 Å². The first kappa shape index (κ1) is 23.1. The van der Waals surface area contributed by atoms with Crippen molar-refractivity contribution < 1.29 is 19.8 Å². The molecule has 0 aliphatic carbocycles. The topological polar surface area (TPSA) is 112 Å². The number of aromatic nitrogens is 3. The van der Waals surface area contributed by atoms with Crippen molar-refractivity contribution >= 4 is 12.0 Å². The molecule has 5 rings (SSSR count). The van der Waals surface area contributed by atoms with Crippen molar-refractivity contribution in [2.24, 2.45) is 0 Å². The largest absolute Gasteiger partial charge is 0.508 e. The van der Waals surface area contributed by atoms with Gasteiger partial charge in [-0.25, -0.2) is 9.48 Å². The Labute approximate surface area is 207 Å². The van der Waals surface area contributed by atoms with Crippen molar-refractivity contribution in [1.82, 2.24) is 24.8 Å². The molecule has 182 valence electrons. The van der Waals surface area contributed by atoms with Crippen LogP contribution in [0.3, 0.4) is 0 Å². The number of amides is 2. The van der Waals surface area contributed by atoms with Crippen LogP contribution in [-0.2, 0) is 6.42 Å². The smallest absolute Gasteiger partial charge is 0.407 e. The highest BCUT2D eigenvalue weighted by molar-refractivity contribution is 5.98. The minimum absolute atomic E-state index is 0.122. The van der Waals surface area contributed by atoms with Gasteiger partial charge >= 0.3 is 6.09 Å². The van der Waals surface area contributed by atoms with Gasteiger partial charge in [0.1, 0.15) is 11.4 Å². The zero-order valence-electron chi connectivity index (χ0n) is 19.4. The molecule has 0 saturated carbocycles. The second-order valence-electron chi connectivity index (χ2n) is 8.65. The lowest BCUT2D eigenvalue weighted by Gasteiger charge is -2.40. The lowest BCUT2D eigenvalue weighted by Crippen LogP contribution is -2.57. The van der Waals surface area contributed by atoms with Crippen molar-refractivity contribution in [2.75, 3.05) is 19.6 Å². The summed E-state index contributed by atoms with van der Waals surface area (Å²) in [5, 5.41) is 27.9. The van der Waals surface area contributed by atoms with Crippen molar-refractivity contribution in [3.8, 4) is 22.7 Å². The summed E-state index contributed by atoms with van der Waals surface area (Å²) in [6.45, 7) is 0.685. The molecule has 1 unspecified atom stereocenters. The number of hydrogen-bond acceptors (Lipinski definition) is 5. The number of piperazine rings is 1. The summed E-state index contributed by atoms with van der Waals surface area (Å²) in [6.07, 6.45) is -0.480. The summed E-state index contributed by atoms with van der Waals surface area (Å²) < 4.78 is 1.59. The molecule has 4 aromatic rings. The highest BCUT2D eigenvalue weighted by atomic mass is 16.4. The van der Waals surface area contributed by atoms with E-state index in [0.717, 1.165) is 11.1 Å². The molecular formula is C27H25N5O4. The number of nitrogens with zero attached hydrogens (tertiary/aromatic N) is 5. The van der Waals surface area contributed by atoms with Crippen LogP contribution in [0, 0.1) is 0 Å². The van der Waals surface area contributed by atoms with Crippen molar-refractivity contribution in [3.63, 3.8) is 0 Å². The van der Waals surface area contributed by atoms with Crippen molar-refractivity contribution in [2.45, 2.75) is 12.5 Å². The Morgan fingerprint density at radius 1 is 0.889 bits per heavy atom. The Morgan fingerprint density at radius 3 is 2.22 bits per heavy atom. The summed E-state index contributed by atoms with van der Waals surface area (Å²) in [6, 6.07) is 25.3. The van der Waals surface area contributed by atoms with Gasteiger partial charge in [-0.05, 0) is 36.2 Å². The van der Waals surface area contributed by atoms with E-state index >= 15 is 0 Å². The second kappa shape index (κ2) is 9.91. The molecule has 0 bridgehead atoms. The van der Waals surface area contributed by atoms with Crippen LogP contribution in [0.4, 0.5) is 4.79 Å². The molecule has 1 aliphatic rings. The third kappa shape index (κ3) is 4.63. The van der Waals surface area contributed by atoms with Gasteiger partial charge in [0.15, 0.2) is 5.69 Å². The fraction of sp³-hybridized carbons (Fsp3) is 0.185. The first-order valence-corrected chi connectivity index (χ1v) is 11.6. The molecule has 3 aromatic carbocycles. The summed E-state index contributed by atoms with van der Waals surface area (Å²) in [5.41, 5.74) is 3.16. The van der Waals surface area contributed by atoms with Gasteiger partial charge in [0.05, 0.1) is 11.7 Å². The van der Waals surface area contributed by atoms with E-state index < -0.39 is 6.09 Å².